The lowest BCUT2D eigenvalue weighted by molar-refractivity contribution is 0.654. The Bertz CT molecular complexity index is 758. The van der Waals surface area contributed by atoms with Gasteiger partial charge in [-0.15, -0.1) is 22.7 Å². The van der Waals surface area contributed by atoms with Gasteiger partial charge in [0, 0.05) is 11.9 Å². The maximum absolute atomic E-state index is 11.8. The van der Waals surface area contributed by atoms with E-state index in [1.165, 1.54) is 11.3 Å². The molecule has 98 valence electrons. The van der Waals surface area contributed by atoms with E-state index in [1.54, 1.807) is 11.3 Å². The average Bonchev–Trinajstić information content (AvgIpc) is 2.98. The summed E-state index contributed by atoms with van der Waals surface area (Å²) < 4.78 is 0.680. The molecule has 0 bridgehead atoms. The van der Waals surface area contributed by atoms with Crippen LogP contribution in [0.2, 0.25) is 0 Å². The van der Waals surface area contributed by atoms with Crippen LogP contribution in [0.4, 0.5) is 0 Å². The molecule has 3 rings (SSSR count). The van der Waals surface area contributed by atoms with Crippen LogP contribution in [-0.2, 0) is 13.1 Å². The number of fused-ring (bicyclic) bond motifs is 1. The number of aryl methyl sites for hydroxylation is 1. The number of nitrogens with one attached hydrogen (secondary N) is 2. The van der Waals surface area contributed by atoms with Crippen LogP contribution in [-0.4, -0.2) is 15.0 Å². The van der Waals surface area contributed by atoms with Gasteiger partial charge in [0.25, 0.3) is 5.56 Å². The summed E-state index contributed by atoms with van der Waals surface area (Å²) in [6, 6.07) is 1.86. The largest absolute Gasteiger partial charge is 0.308 e. The maximum atomic E-state index is 11.8. The maximum Gasteiger partial charge on any atom is 0.268 e. The molecule has 3 aromatic heterocycles. The second-order valence-corrected chi connectivity index (χ2v) is 6.09. The van der Waals surface area contributed by atoms with Gasteiger partial charge in [-0.2, -0.15) is 0 Å². The zero-order chi connectivity index (χ0) is 13.2. The van der Waals surface area contributed by atoms with Crippen molar-refractivity contribution in [1.29, 1.82) is 0 Å². The summed E-state index contributed by atoms with van der Waals surface area (Å²) in [7, 11) is 0. The number of aromatic amines is 1. The molecule has 0 aromatic carbocycles. The molecule has 2 N–H and O–H groups in total. The Labute approximate surface area is 117 Å². The highest BCUT2D eigenvalue weighted by Gasteiger charge is 2.05. The summed E-state index contributed by atoms with van der Waals surface area (Å²) in [5, 5.41) is 8.19. The molecule has 0 amide bonds. The predicted molar refractivity (Wildman–Crippen MR) is 77.6 cm³/mol. The third-order valence-electron chi connectivity index (χ3n) is 2.63. The molecule has 0 unspecified atom stereocenters. The molecule has 0 fully saturated rings. The number of nitrogens with zero attached hydrogens (tertiary/aromatic N) is 2. The molecule has 0 aliphatic carbocycles. The average molecular weight is 292 g/mol. The predicted octanol–water partition coefficient (Wildman–Crippen LogP) is 2.04. The van der Waals surface area contributed by atoms with Gasteiger partial charge in [-0.05, 0) is 18.4 Å². The van der Waals surface area contributed by atoms with E-state index >= 15 is 0 Å². The van der Waals surface area contributed by atoms with E-state index in [-0.39, 0.29) is 5.56 Å². The summed E-state index contributed by atoms with van der Waals surface area (Å²) in [4.78, 5) is 23.3. The van der Waals surface area contributed by atoms with Crippen LogP contribution >= 0.6 is 22.7 Å². The van der Waals surface area contributed by atoms with Gasteiger partial charge < -0.3 is 10.3 Å². The Kier molecular flexibility index (Phi) is 3.41. The first kappa shape index (κ1) is 12.5. The fourth-order valence-corrected chi connectivity index (χ4v) is 3.14. The normalized spacial score (nSPS) is 11.2. The van der Waals surface area contributed by atoms with Gasteiger partial charge in [-0.1, -0.05) is 0 Å². The van der Waals surface area contributed by atoms with Crippen molar-refractivity contribution in [3.05, 3.63) is 43.7 Å². The van der Waals surface area contributed by atoms with Gasteiger partial charge >= 0.3 is 0 Å². The van der Waals surface area contributed by atoms with E-state index < -0.39 is 0 Å². The molecule has 0 atom stereocenters. The second kappa shape index (κ2) is 5.20. The number of thiazole rings is 1. The second-order valence-electron chi connectivity index (χ2n) is 4.11. The fraction of sp³-hybridized carbons (Fsp3) is 0.250. The molecule has 0 radical (unpaired) electrons. The highest BCUT2D eigenvalue weighted by atomic mass is 32.1. The van der Waals surface area contributed by atoms with Crippen LogP contribution in [0.1, 0.15) is 16.5 Å². The van der Waals surface area contributed by atoms with Gasteiger partial charge in [-0.3, -0.25) is 4.79 Å². The molecule has 3 heterocycles. The topological polar surface area (TPSA) is 70.7 Å². The number of aromatic nitrogens is 3. The molecule has 0 spiro atoms. The monoisotopic (exact) mass is 292 g/mol. The van der Waals surface area contributed by atoms with Crippen LogP contribution < -0.4 is 10.9 Å². The van der Waals surface area contributed by atoms with Crippen molar-refractivity contribution in [2.45, 2.75) is 20.0 Å². The van der Waals surface area contributed by atoms with Crippen molar-refractivity contribution in [2.24, 2.45) is 0 Å². The minimum absolute atomic E-state index is 0.0682. The third-order valence-corrected chi connectivity index (χ3v) is 4.35. The van der Waals surface area contributed by atoms with Crippen LogP contribution in [0.5, 0.6) is 0 Å². The lowest BCUT2D eigenvalue weighted by Gasteiger charge is -2.02. The minimum atomic E-state index is -0.0682. The van der Waals surface area contributed by atoms with E-state index in [2.05, 4.69) is 20.3 Å². The van der Waals surface area contributed by atoms with Crippen LogP contribution in [0, 0.1) is 6.92 Å². The molecule has 7 heteroatoms. The summed E-state index contributed by atoms with van der Waals surface area (Å²) in [6.07, 6.45) is 0. The summed E-state index contributed by atoms with van der Waals surface area (Å²) in [6.45, 7) is 3.19. The van der Waals surface area contributed by atoms with E-state index in [9.17, 15) is 4.79 Å². The third kappa shape index (κ3) is 2.73. The van der Waals surface area contributed by atoms with Crippen molar-refractivity contribution in [3.63, 3.8) is 0 Å². The van der Waals surface area contributed by atoms with Gasteiger partial charge in [0.05, 0.1) is 22.8 Å². The molecule has 0 saturated heterocycles. The van der Waals surface area contributed by atoms with Crippen molar-refractivity contribution in [1.82, 2.24) is 20.3 Å². The molecule has 5 nitrogen and oxygen atoms in total. The zero-order valence-corrected chi connectivity index (χ0v) is 11.9. The number of hydrogen-bond acceptors (Lipinski definition) is 6. The highest BCUT2D eigenvalue weighted by molar-refractivity contribution is 7.17. The van der Waals surface area contributed by atoms with Gasteiger partial charge in [0.2, 0.25) is 0 Å². The standard InChI is InChI=1S/C12H12N4OS2/c1-7-14-8(6-19-7)4-13-5-10-15-9-2-3-18-11(9)12(17)16-10/h2-3,6,13H,4-5H2,1H3,(H,15,16,17). The number of thiophene rings is 1. The first-order valence-electron chi connectivity index (χ1n) is 5.80. The summed E-state index contributed by atoms with van der Waals surface area (Å²) in [5.41, 5.74) is 1.71. The Balaban J connectivity index is 1.69. The van der Waals surface area contributed by atoms with Crippen LogP contribution in [0.15, 0.2) is 21.6 Å². The summed E-state index contributed by atoms with van der Waals surface area (Å²) >= 11 is 3.04. The van der Waals surface area contributed by atoms with Gasteiger partial charge in [0.15, 0.2) is 0 Å². The van der Waals surface area contributed by atoms with Crippen molar-refractivity contribution < 1.29 is 0 Å². The molecular formula is C12H12N4OS2. The van der Waals surface area contributed by atoms with Crippen LogP contribution in [0.3, 0.4) is 0 Å². The van der Waals surface area contributed by atoms with Gasteiger partial charge in [0.1, 0.15) is 10.5 Å². The fourth-order valence-electron chi connectivity index (χ4n) is 1.80. The highest BCUT2D eigenvalue weighted by Crippen LogP contribution is 2.13. The molecule has 19 heavy (non-hydrogen) atoms. The van der Waals surface area contributed by atoms with Gasteiger partial charge in [-0.25, -0.2) is 9.97 Å². The number of rotatable bonds is 4. The number of H-pyrrole nitrogens is 1. The lowest BCUT2D eigenvalue weighted by Crippen LogP contribution is -2.18. The van der Waals surface area contributed by atoms with Crippen molar-refractivity contribution in [3.8, 4) is 0 Å². The quantitative estimate of drug-likeness (QED) is 0.772. The SMILES string of the molecule is Cc1nc(CNCc2nc3ccsc3c(=O)[nH]2)cs1. The summed E-state index contributed by atoms with van der Waals surface area (Å²) in [5.74, 6) is 0.655. The van der Waals surface area contributed by atoms with Crippen molar-refractivity contribution in [2.75, 3.05) is 0 Å². The van der Waals surface area contributed by atoms with E-state index in [1.807, 2.05) is 23.8 Å². The molecule has 0 saturated carbocycles. The first-order valence-corrected chi connectivity index (χ1v) is 7.56. The first-order chi connectivity index (χ1) is 9.22. The zero-order valence-electron chi connectivity index (χ0n) is 10.3. The minimum Gasteiger partial charge on any atom is -0.308 e. The molecule has 3 aromatic rings. The Hall–Kier alpha value is -1.57. The van der Waals surface area contributed by atoms with E-state index in [0.29, 0.717) is 23.6 Å². The van der Waals surface area contributed by atoms with Crippen molar-refractivity contribution >= 4 is 32.9 Å². The molecule has 0 aliphatic rings. The van der Waals surface area contributed by atoms with E-state index in [4.69, 9.17) is 0 Å². The molecular weight excluding hydrogens is 280 g/mol. The Morgan fingerprint density at radius 1 is 1.32 bits per heavy atom. The Morgan fingerprint density at radius 3 is 3.00 bits per heavy atom. The van der Waals surface area contributed by atoms with Crippen LogP contribution in [0.25, 0.3) is 10.2 Å². The smallest absolute Gasteiger partial charge is 0.268 e. The lowest BCUT2D eigenvalue weighted by atomic mass is 10.4. The van der Waals surface area contributed by atoms with E-state index in [0.717, 1.165) is 16.2 Å². The Morgan fingerprint density at radius 2 is 2.21 bits per heavy atom. The number of hydrogen-bond donors (Lipinski definition) is 2. The molecule has 0 aliphatic heterocycles.